The predicted molar refractivity (Wildman–Crippen MR) is 127 cm³/mol. The molecule has 1 fully saturated rings. The molecule has 0 saturated carbocycles. The molecule has 0 unspecified atom stereocenters. The Hall–Kier alpha value is -2.50. The van der Waals surface area contributed by atoms with E-state index in [9.17, 15) is 0 Å². The highest BCUT2D eigenvalue weighted by Gasteiger charge is 2.20. The second kappa shape index (κ2) is 9.75. The zero-order chi connectivity index (χ0) is 21.8. The summed E-state index contributed by atoms with van der Waals surface area (Å²) in [4.78, 5) is 6.94. The Morgan fingerprint density at radius 2 is 1.90 bits per heavy atom. The van der Waals surface area contributed by atoms with Crippen LogP contribution in [0.15, 0.2) is 48.7 Å². The number of methoxy groups -OCH3 is 1. The number of rotatable bonds is 7. The quantitative estimate of drug-likeness (QED) is 0.507. The molecule has 1 N–H and O–H groups in total. The molecule has 2 heterocycles. The van der Waals surface area contributed by atoms with Crippen LogP contribution in [-0.4, -0.2) is 42.2 Å². The first-order chi connectivity index (χ1) is 15.0. The smallest absolute Gasteiger partial charge is 0.161 e. The van der Waals surface area contributed by atoms with Crippen LogP contribution in [0.2, 0.25) is 5.02 Å². The highest BCUT2D eigenvalue weighted by Crippen LogP contribution is 2.30. The van der Waals surface area contributed by atoms with Crippen molar-refractivity contribution < 1.29 is 9.47 Å². The van der Waals surface area contributed by atoms with E-state index >= 15 is 0 Å². The molecule has 31 heavy (non-hydrogen) atoms. The Balaban J connectivity index is 1.36. The lowest BCUT2D eigenvalue weighted by Gasteiger charge is -2.33. The number of halogens is 1. The molecule has 4 rings (SSSR count). The maximum Gasteiger partial charge on any atom is 0.161 e. The third-order valence-electron chi connectivity index (χ3n) is 5.65. The molecule has 164 valence electrons. The highest BCUT2D eigenvalue weighted by atomic mass is 35.5. The van der Waals surface area contributed by atoms with Gasteiger partial charge < -0.3 is 14.8 Å². The minimum atomic E-state index is 0.117. The third kappa shape index (κ3) is 5.41. The number of likely N-dealkylation sites (tertiary alicyclic amines) is 1. The van der Waals surface area contributed by atoms with Gasteiger partial charge in [0, 0.05) is 48.0 Å². The average molecular weight is 440 g/mol. The number of aromatic nitrogens is 1. The van der Waals surface area contributed by atoms with Crippen molar-refractivity contribution in [2.75, 3.05) is 25.5 Å². The lowest BCUT2D eigenvalue weighted by atomic mass is 10.0. The van der Waals surface area contributed by atoms with Gasteiger partial charge in [0.2, 0.25) is 0 Å². The minimum absolute atomic E-state index is 0.117. The first kappa shape index (κ1) is 21.7. The first-order valence-corrected chi connectivity index (χ1v) is 11.3. The van der Waals surface area contributed by atoms with E-state index in [0.29, 0.717) is 11.1 Å². The second-order valence-corrected chi connectivity index (χ2v) is 8.80. The van der Waals surface area contributed by atoms with Crippen LogP contribution in [0.25, 0.3) is 10.9 Å². The molecule has 1 saturated heterocycles. The zero-order valence-corrected chi connectivity index (χ0v) is 19.2. The minimum Gasteiger partial charge on any atom is -0.493 e. The Morgan fingerprint density at radius 1 is 1.10 bits per heavy atom. The van der Waals surface area contributed by atoms with Gasteiger partial charge in [-0.25, -0.2) is 0 Å². The molecule has 2 aromatic carbocycles. The molecule has 0 aliphatic carbocycles. The van der Waals surface area contributed by atoms with E-state index in [0.717, 1.165) is 60.6 Å². The van der Waals surface area contributed by atoms with Gasteiger partial charge in [0.15, 0.2) is 11.5 Å². The molecule has 1 aromatic heterocycles. The summed E-state index contributed by atoms with van der Waals surface area (Å²) in [5.74, 6) is 1.60. The maximum absolute atomic E-state index is 6.12. The Morgan fingerprint density at radius 3 is 2.65 bits per heavy atom. The van der Waals surface area contributed by atoms with Crippen molar-refractivity contribution in [3.05, 3.63) is 59.2 Å². The molecule has 0 spiro atoms. The molecule has 0 radical (unpaired) electrons. The number of hydrogen-bond donors (Lipinski definition) is 1. The van der Waals surface area contributed by atoms with Crippen molar-refractivity contribution in [3.8, 4) is 11.5 Å². The summed E-state index contributed by atoms with van der Waals surface area (Å²) in [6.45, 7) is 7.09. The van der Waals surface area contributed by atoms with Crippen LogP contribution in [0, 0.1) is 0 Å². The van der Waals surface area contributed by atoms with Crippen LogP contribution < -0.4 is 14.8 Å². The van der Waals surface area contributed by atoms with Crippen LogP contribution in [0.5, 0.6) is 11.5 Å². The summed E-state index contributed by atoms with van der Waals surface area (Å²) < 4.78 is 11.4. The van der Waals surface area contributed by atoms with Gasteiger partial charge in [-0.2, -0.15) is 0 Å². The zero-order valence-electron chi connectivity index (χ0n) is 18.4. The topological polar surface area (TPSA) is 46.6 Å². The van der Waals surface area contributed by atoms with E-state index in [1.54, 1.807) is 7.11 Å². The van der Waals surface area contributed by atoms with E-state index in [2.05, 4.69) is 33.4 Å². The van der Waals surface area contributed by atoms with Crippen molar-refractivity contribution in [1.29, 1.82) is 0 Å². The summed E-state index contributed by atoms with van der Waals surface area (Å²) >= 11 is 6.12. The van der Waals surface area contributed by atoms with Gasteiger partial charge in [-0.15, -0.1) is 0 Å². The molecular weight excluding hydrogens is 410 g/mol. The molecule has 0 atom stereocenters. The molecule has 1 aliphatic rings. The number of anilines is 1. The van der Waals surface area contributed by atoms with E-state index < -0.39 is 0 Å². The fraction of sp³-hybridized carbons (Fsp3) is 0.400. The van der Waals surface area contributed by atoms with E-state index in [4.69, 9.17) is 21.1 Å². The largest absolute Gasteiger partial charge is 0.493 e. The van der Waals surface area contributed by atoms with Crippen molar-refractivity contribution in [2.45, 2.75) is 45.4 Å². The number of nitrogens with zero attached hydrogens (tertiary/aromatic N) is 2. The molecule has 6 heteroatoms. The van der Waals surface area contributed by atoms with E-state index in [1.165, 1.54) is 5.56 Å². The lowest BCUT2D eigenvalue weighted by molar-refractivity contribution is 0.209. The standard InChI is InChI=1S/C25H30ClN3O2/c1-17(2)31-25-14-18(4-7-24(25)30-3)16-29-12-9-20(10-13-29)28-22-8-11-27-23-15-19(26)5-6-21(22)23/h4-8,11,14-15,17,20H,9-10,12-13,16H2,1-3H3,(H,27,28). The van der Waals surface area contributed by atoms with Gasteiger partial charge in [-0.3, -0.25) is 9.88 Å². The number of pyridine rings is 1. The fourth-order valence-corrected chi connectivity index (χ4v) is 4.29. The van der Waals surface area contributed by atoms with Crippen LogP contribution in [0.3, 0.4) is 0 Å². The number of nitrogens with one attached hydrogen (secondary N) is 1. The summed E-state index contributed by atoms with van der Waals surface area (Å²) in [5.41, 5.74) is 3.31. The second-order valence-electron chi connectivity index (χ2n) is 8.37. The van der Waals surface area contributed by atoms with Gasteiger partial charge in [0.25, 0.3) is 0 Å². The number of ether oxygens (including phenoxy) is 2. The Kier molecular flexibility index (Phi) is 6.83. The molecule has 0 amide bonds. The maximum atomic E-state index is 6.12. The van der Waals surface area contributed by atoms with Crippen molar-refractivity contribution in [3.63, 3.8) is 0 Å². The summed E-state index contributed by atoms with van der Waals surface area (Å²) in [5, 5.41) is 5.56. The van der Waals surface area contributed by atoms with E-state index in [-0.39, 0.29) is 6.10 Å². The number of hydrogen-bond acceptors (Lipinski definition) is 5. The highest BCUT2D eigenvalue weighted by molar-refractivity contribution is 6.31. The lowest BCUT2D eigenvalue weighted by Crippen LogP contribution is -2.38. The van der Waals surface area contributed by atoms with Gasteiger partial charge in [-0.05, 0) is 68.7 Å². The van der Waals surface area contributed by atoms with Crippen molar-refractivity contribution >= 4 is 28.2 Å². The predicted octanol–water partition coefficient (Wildman–Crippen LogP) is 5.76. The number of piperidine rings is 1. The monoisotopic (exact) mass is 439 g/mol. The summed E-state index contributed by atoms with van der Waals surface area (Å²) in [6.07, 6.45) is 4.16. The van der Waals surface area contributed by atoms with Gasteiger partial charge >= 0.3 is 0 Å². The van der Waals surface area contributed by atoms with Crippen LogP contribution in [-0.2, 0) is 6.54 Å². The number of fused-ring (bicyclic) bond motifs is 1. The molecule has 5 nitrogen and oxygen atoms in total. The normalized spacial score (nSPS) is 15.4. The SMILES string of the molecule is COc1ccc(CN2CCC(Nc3ccnc4cc(Cl)ccc34)CC2)cc1OC(C)C. The van der Waals surface area contributed by atoms with Gasteiger partial charge in [0.1, 0.15) is 0 Å². The van der Waals surface area contributed by atoms with Crippen LogP contribution in [0.4, 0.5) is 5.69 Å². The van der Waals surface area contributed by atoms with Crippen LogP contribution >= 0.6 is 11.6 Å². The average Bonchev–Trinajstić information content (AvgIpc) is 2.75. The van der Waals surface area contributed by atoms with Crippen molar-refractivity contribution in [2.24, 2.45) is 0 Å². The Labute approximate surface area is 189 Å². The summed E-state index contributed by atoms with van der Waals surface area (Å²) in [7, 11) is 1.68. The van der Waals surface area contributed by atoms with Crippen molar-refractivity contribution in [1.82, 2.24) is 9.88 Å². The molecular formula is C25H30ClN3O2. The fourth-order valence-electron chi connectivity index (χ4n) is 4.13. The first-order valence-electron chi connectivity index (χ1n) is 10.9. The molecule has 0 bridgehead atoms. The van der Waals surface area contributed by atoms with E-state index in [1.807, 2.05) is 44.3 Å². The van der Waals surface area contributed by atoms with Gasteiger partial charge in [0.05, 0.1) is 18.7 Å². The molecule has 1 aliphatic heterocycles. The van der Waals surface area contributed by atoms with Gasteiger partial charge in [-0.1, -0.05) is 17.7 Å². The number of benzene rings is 2. The molecule has 3 aromatic rings. The Bertz CT molecular complexity index is 1030. The summed E-state index contributed by atoms with van der Waals surface area (Å²) in [6, 6.07) is 14.6. The van der Waals surface area contributed by atoms with Crippen LogP contribution in [0.1, 0.15) is 32.3 Å². The third-order valence-corrected chi connectivity index (χ3v) is 5.88.